The van der Waals surface area contributed by atoms with E-state index in [1.165, 1.54) is 4.70 Å². The standard InChI is InChI=1S/C18H24N2O3S2/c1-12(2)11-19-17(22)13(3)23-16(21)9-6-10-24-18-20-14-7-4-5-8-15(14)25-18/h4-5,7-8,12-13H,6,9-11H2,1-3H3,(H,19,22)/t13-/m0/s1. The molecule has 0 saturated heterocycles. The molecular formula is C18H24N2O3S2. The van der Waals surface area contributed by atoms with Crippen molar-refractivity contribution in [2.24, 2.45) is 5.92 Å². The second-order valence-electron chi connectivity index (χ2n) is 6.17. The molecule has 1 aromatic heterocycles. The van der Waals surface area contributed by atoms with Crippen molar-refractivity contribution in [3.05, 3.63) is 24.3 Å². The first-order valence-electron chi connectivity index (χ1n) is 8.41. The van der Waals surface area contributed by atoms with E-state index in [0.29, 0.717) is 25.3 Å². The number of nitrogens with one attached hydrogen (secondary N) is 1. The lowest BCUT2D eigenvalue weighted by molar-refractivity contribution is -0.154. The summed E-state index contributed by atoms with van der Waals surface area (Å²) in [4.78, 5) is 28.2. The van der Waals surface area contributed by atoms with Crippen molar-refractivity contribution in [1.29, 1.82) is 0 Å². The first-order chi connectivity index (χ1) is 12.0. The molecule has 2 aromatic rings. The number of esters is 1. The van der Waals surface area contributed by atoms with Crippen LogP contribution in [0.4, 0.5) is 0 Å². The third-order valence-electron chi connectivity index (χ3n) is 3.39. The van der Waals surface area contributed by atoms with Gasteiger partial charge in [0.15, 0.2) is 10.4 Å². The number of hydrogen-bond acceptors (Lipinski definition) is 6. The van der Waals surface area contributed by atoms with Gasteiger partial charge < -0.3 is 10.1 Å². The number of thioether (sulfide) groups is 1. The summed E-state index contributed by atoms with van der Waals surface area (Å²) in [5.74, 6) is 0.581. The molecule has 2 rings (SSSR count). The average Bonchev–Trinajstić information content (AvgIpc) is 2.99. The van der Waals surface area contributed by atoms with Crippen molar-refractivity contribution in [3.8, 4) is 0 Å². The van der Waals surface area contributed by atoms with E-state index in [4.69, 9.17) is 4.74 Å². The van der Waals surface area contributed by atoms with Crippen LogP contribution in [0.25, 0.3) is 10.2 Å². The van der Waals surface area contributed by atoms with E-state index in [1.54, 1.807) is 30.0 Å². The van der Waals surface area contributed by atoms with Gasteiger partial charge in [-0.05, 0) is 31.4 Å². The summed E-state index contributed by atoms with van der Waals surface area (Å²) in [6.45, 7) is 6.21. The SMILES string of the molecule is CC(C)CNC(=O)[C@H](C)OC(=O)CCCSc1nc2ccccc2s1. The maximum atomic E-state index is 11.8. The summed E-state index contributed by atoms with van der Waals surface area (Å²) < 4.78 is 7.35. The third kappa shape index (κ3) is 6.66. The number of thiazole rings is 1. The molecule has 0 aliphatic rings. The van der Waals surface area contributed by atoms with Gasteiger partial charge in [-0.3, -0.25) is 9.59 Å². The summed E-state index contributed by atoms with van der Waals surface area (Å²) in [5, 5.41) is 2.76. The van der Waals surface area contributed by atoms with Crippen molar-refractivity contribution in [3.63, 3.8) is 0 Å². The molecule has 25 heavy (non-hydrogen) atoms. The number of para-hydroxylation sites is 1. The van der Waals surface area contributed by atoms with Crippen LogP contribution in [0, 0.1) is 5.92 Å². The number of carbonyl (C=O) groups excluding carboxylic acids is 2. The van der Waals surface area contributed by atoms with Crippen LogP contribution in [-0.4, -0.2) is 35.3 Å². The van der Waals surface area contributed by atoms with E-state index in [9.17, 15) is 9.59 Å². The number of rotatable bonds is 9. The Bertz CT molecular complexity index is 682. The highest BCUT2D eigenvalue weighted by Gasteiger charge is 2.17. The van der Waals surface area contributed by atoms with E-state index in [1.807, 2.05) is 32.0 Å². The molecule has 1 aromatic carbocycles. The lowest BCUT2D eigenvalue weighted by atomic mass is 10.2. The summed E-state index contributed by atoms with van der Waals surface area (Å²) in [6.07, 6.45) is 0.252. The van der Waals surface area contributed by atoms with Gasteiger partial charge in [-0.15, -0.1) is 11.3 Å². The molecule has 1 heterocycles. The molecule has 5 nitrogen and oxygen atoms in total. The highest BCUT2D eigenvalue weighted by Crippen LogP contribution is 2.29. The van der Waals surface area contributed by atoms with Gasteiger partial charge in [0, 0.05) is 18.7 Å². The normalized spacial score (nSPS) is 12.3. The van der Waals surface area contributed by atoms with E-state index < -0.39 is 6.10 Å². The fourth-order valence-electron chi connectivity index (χ4n) is 2.05. The average molecular weight is 381 g/mol. The molecule has 0 fully saturated rings. The fourth-order valence-corrected chi connectivity index (χ4v) is 4.13. The maximum Gasteiger partial charge on any atom is 0.306 e. The maximum absolute atomic E-state index is 11.8. The number of carbonyl (C=O) groups is 2. The number of nitrogens with zero attached hydrogens (tertiary/aromatic N) is 1. The van der Waals surface area contributed by atoms with Crippen molar-refractivity contribution >= 4 is 45.2 Å². The summed E-state index contributed by atoms with van der Waals surface area (Å²) in [6, 6.07) is 8.04. The minimum atomic E-state index is -0.747. The Labute approximate surface area is 156 Å². The van der Waals surface area contributed by atoms with Gasteiger partial charge in [0.1, 0.15) is 0 Å². The molecule has 1 atom stereocenters. The van der Waals surface area contributed by atoms with Crippen molar-refractivity contribution in [1.82, 2.24) is 10.3 Å². The fraction of sp³-hybridized carbons (Fsp3) is 0.500. The number of aromatic nitrogens is 1. The van der Waals surface area contributed by atoms with E-state index in [-0.39, 0.29) is 11.9 Å². The molecule has 1 amide bonds. The van der Waals surface area contributed by atoms with Gasteiger partial charge in [0.25, 0.3) is 5.91 Å². The Kier molecular flexibility index (Phi) is 7.71. The highest BCUT2D eigenvalue weighted by molar-refractivity contribution is 8.01. The molecule has 0 unspecified atom stereocenters. The predicted octanol–water partition coefficient (Wildman–Crippen LogP) is 3.87. The predicted molar refractivity (Wildman–Crippen MR) is 103 cm³/mol. The molecule has 0 spiro atoms. The number of amides is 1. The summed E-state index contributed by atoms with van der Waals surface area (Å²) in [5.41, 5.74) is 1.01. The van der Waals surface area contributed by atoms with Crippen LogP contribution >= 0.6 is 23.1 Å². The lowest BCUT2D eigenvalue weighted by Crippen LogP contribution is -2.37. The summed E-state index contributed by atoms with van der Waals surface area (Å²) >= 11 is 3.31. The zero-order valence-electron chi connectivity index (χ0n) is 14.8. The minimum Gasteiger partial charge on any atom is -0.453 e. The van der Waals surface area contributed by atoms with Crippen molar-refractivity contribution in [2.75, 3.05) is 12.3 Å². The largest absolute Gasteiger partial charge is 0.453 e. The van der Waals surface area contributed by atoms with Gasteiger partial charge in [-0.1, -0.05) is 37.7 Å². The van der Waals surface area contributed by atoms with Crippen LogP contribution in [0.5, 0.6) is 0 Å². The van der Waals surface area contributed by atoms with E-state index >= 15 is 0 Å². The summed E-state index contributed by atoms with van der Waals surface area (Å²) in [7, 11) is 0. The van der Waals surface area contributed by atoms with Crippen LogP contribution in [0.2, 0.25) is 0 Å². The van der Waals surface area contributed by atoms with Gasteiger partial charge in [-0.2, -0.15) is 0 Å². The third-order valence-corrected chi connectivity index (χ3v) is 5.65. The second-order valence-corrected chi connectivity index (χ2v) is 8.54. The monoisotopic (exact) mass is 380 g/mol. The Morgan fingerprint density at radius 3 is 2.76 bits per heavy atom. The first kappa shape index (κ1) is 19.7. The Morgan fingerprint density at radius 2 is 2.04 bits per heavy atom. The lowest BCUT2D eigenvalue weighted by Gasteiger charge is -2.14. The Morgan fingerprint density at radius 1 is 1.28 bits per heavy atom. The second kappa shape index (κ2) is 9.77. The molecule has 0 aliphatic heterocycles. The number of benzene rings is 1. The minimum absolute atomic E-state index is 0.245. The van der Waals surface area contributed by atoms with Crippen LogP contribution in [-0.2, 0) is 14.3 Å². The molecule has 136 valence electrons. The Hall–Kier alpha value is -1.60. The van der Waals surface area contributed by atoms with Gasteiger partial charge in [-0.25, -0.2) is 4.98 Å². The van der Waals surface area contributed by atoms with Crippen LogP contribution in [0.1, 0.15) is 33.6 Å². The highest BCUT2D eigenvalue weighted by atomic mass is 32.2. The molecule has 0 saturated carbocycles. The zero-order chi connectivity index (χ0) is 18.2. The van der Waals surface area contributed by atoms with Crippen LogP contribution < -0.4 is 5.32 Å². The quantitative estimate of drug-likeness (QED) is 0.406. The van der Waals surface area contributed by atoms with Crippen LogP contribution in [0.3, 0.4) is 0 Å². The molecule has 0 radical (unpaired) electrons. The van der Waals surface area contributed by atoms with Gasteiger partial charge in [0.2, 0.25) is 0 Å². The molecule has 1 N–H and O–H groups in total. The van der Waals surface area contributed by atoms with Crippen molar-refractivity contribution in [2.45, 2.75) is 44.1 Å². The topological polar surface area (TPSA) is 68.3 Å². The van der Waals surface area contributed by atoms with Crippen molar-refractivity contribution < 1.29 is 14.3 Å². The molecule has 0 aliphatic carbocycles. The van der Waals surface area contributed by atoms with Gasteiger partial charge >= 0.3 is 5.97 Å². The number of hydrogen-bond donors (Lipinski definition) is 1. The van der Waals surface area contributed by atoms with Gasteiger partial charge in [0.05, 0.1) is 10.2 Å². The van der Waals surface area contributed by atoms with E-state index in [2.05, 4.69) is 16.4 Å². The first-order valence-corrected chi connectivity index (χ1v) is 10.2. The molecule has 7 heteroatoms. The zero-order valence-corrected chi connectivity index (χ0v) is 16.4. The molecule has 0 bridgehead atoms. The molecular weight excluding hydrogens is 356 g/mol. The van der Waals surface area contributed by atoms with Crippen LogP contribution in [0.15, 0.2) is 28.6 Å². The van der Waals surface area contributed by atoms with E-state index in [0.717, 1.165) is 15.6 Å². The number of ether oxygens (including phenoxy) is 1. The Balaban J connectivity index is 1.65. The smallest absolute Gasteiger partial charge is 0.306 e. The number of fused-ring (bicyclic) bond motifs is 1.